The van der Waals surface area contributed by atoms with Gasteiger partial charge in [-0.1, -0.05) is 6.42 Å². The zero-order valence-corrected chi connectivity index (χ0v) is 8.21. The van der Waals surface area contributed by atoms with Crippen molar-refractivity contribution in [2.45, 2.75) is 19.3 Å². The summed E-state index contributed by atoms with van der Waals surface area (Å²) in [7, 11) is 0. The third kappa shape index (κ3) is 1.49. The molecule has 1 aliphatic carbocycles. The van der Waals surface area contributed by atoms with Crippen molar-refractivity contribution < 1.29 is 5.11 Å². The fourth-order valence-electron chi connectivity index (χ4n) is 3.14. The van der Waals surface area contributed by atoms with Gasteiger partial charge in [0.05, 0.1) is 6.61 Å². The van der Waals surface area contributed by atoms with Crippen molar-refractivity contribution >= 4 is 0 Å². The number of aliphatic hydroxyl groups is 1. The van der Waals surface area contributed by atoms with Crippen molar-refractivity contribution in [2.24, 2.45) is 17.1 Å². The Bertz CT molecular complexity index is 186. The van der Waals surface area contributed by atoms with Crippen LogP contribution >= 0.6 is 0 Å². The van der Waals surface area contributed by atoms with E-state index in [2.05, 4.69) is 4.90 Å². The van der Waals surface area contributed by atoms with Gasteiger partial charge in [0, 0.05) is 31.6 Å². The standard InChI is InChI=1S/C10H20N2O/c11-4-5-12-6-9-2-1-3-10(9,7-12)8-13/h9,13H,1-8,11H2. The van der Waals surface area contributed by atoms with E-state index in [1.165, 1.54) is 19.3 Å². The lowest BCUT2D eigenvalue weighted by molar-refractivity contribution is 0.112. The van der Waals surface area contributed by atoms with Crippen LogP contribution in [0.3, 0.4) is 0 Å². The van der Waals surface area contributed by atoms with E-state index in [1.54, 1.807) is 0 Å². The predicted octanol–water partition coefficient (Wildman–Crippen LogP) is 0.0395. The van der Waals surface area contributed by atoms with Crippen LogP contribution in [0.15, 0.2) is 0 Å². The van der Waals surface area contributed by atoms with E-state index in [0.717, 1.165) is 32.1 Å². The maximum absolute atomic E-state index is 9.46. The van der Waals surface area contributed by atoms with Crippen LogP contribution in [-0.2, 0) is 0 Å². The van der Waals surface area contributed by atoms with Gasteiger partial charge in [-0.3, -0.25) is 0 Å². The molecule has 2 atom stereocenters. The van der Waals surface area contributed by atoms with Crippen molar-refractivity contribution in [3.05, 3.63) is 0 Å². The Labute approximate surface area is 79.9 Å². The quantitative estimate of drug-likeness (QED) is 0.651. The summed E-state index contributed by atoms with van der Waals surface area (Å²) in [6.07, 6.45) is 3.83. The highest BCUT2D eigenvalue weighted by Gasteiger charge is 2.48. The summed E-state index contributed by atoms with van der Waals surface area (Å²) in [5.74, 6) is 0.740. The van der Waals surface area contributed by atoms with Gasteiger partial charge in [-0.2, -0.15) is 0 Å². The predicted molar refractivity (Wildman–Crippen MR) is 52.4 cm³/mol. The molecule has 3 heteroatoms. The van der Waals surface area contributed by atoms with Gasteiger partial charge in [-0.05, 0) is 18.8 Å². The molecule has 3 N–H and O–H groups in total. The molecule has 0 bridgehead atoms. The molecule has 1 saturated carbocycles. The highest BCUT2D eigenvalue weighted by Crippen LogP contribution is 2.47. The fraction of sp³-hybridized carbons (Fsp3) is 1.00. The average Bonchev–Trinajstić information content (AvgIpc) is 2.61. The third-order valence-electron chi connectivity index (χ3n) is 3.87. The number of nitrogens with two attached hydrogens (primary N) is 1. The van der Waals surface area contributed by atoms with Crippen molar-refractivity contribution in [2.75, 3.05) is 32.8 Å². The molecule has 1 saturated heterocycles. The minimum absolute atomic E-state index is 0.245. The summed E-state index contributed by atoms with van der Waals surface area (Å²) in [5.41, 5.74) is 5.78. The summed E-state index contributed by atoms with van der Waals surface area (Å²) in [4.78, 5) is 2.42. The van der Waals surface area contributed by atoms with E-state index < -0.39 is 0 Å². The molecule has 0 spiro atoms. The van der Waals surface area contributed by atoms with E-state index >= 15 is 0 Å². The van der Waals surface area contributed by atoms with E-state index in [1.807, 2.05) is 0 Å². The van der Waals surface area contributed by atoms with Gasteiger partial charge in [0.25, 0.3) is 0 Å². The topological polar surface area (TPSA) is 49.5 Å². The lowest BCUT2D eigenvalue weighted by Gasteiger charge is -2.26. The number of likely N-dealkylation sites (tertiary alicyclic amines) is 1. The zero-order valence-electron chi connectivity index (χ0n) is 8.21. The SMILES string of the molecule is NCCN1CC2CCCC2(CO)C1. The van der Waals surface area contributed by atoms with Crippen LogP contribution < -0.4 is 5.73 Å². The van der Waals surface area contributed by atoms with Gasteiger partial charge in [-0.15, -0.1) is 0 Å². The molecule has 13 heavy (non-hydrogen) atoms. The van der Waals surface area contributed by atoms with Crippen LogP contribution in [-0.4, -0.2) is 42.8 Å². The summed E-state index contributed by atoms with van der Waals surface area (Å²) < 4.78 is 0. The second kappa shape index (κ2) is 3.56. The Morgan fingerprint density at radius 2 is 2.38 bits per heavy atom. The van der Waals surface area contributed by atoms with Crippen LogP contribution in [0.5, 0.6) is 0 Å². The smallest absolute Gasteiger partial charge is 0.0502 e. The van der Waals surface area contributed by atoms with Crippen molar-refractivity contribution in [1.82, 2.24) is 4.90 Å². The lowest BCUT2D eigenvalue weighted by atomic mass is 9.82. The number of rotatable bonds is 3. The molecule has 2 rings (SSSR count). The van der Waals surface area contributed by atoms with Crippen LogP contribution in [0, 0.1) is 11.3 Å². The summed E-state index contributed by atoms with van der Waals surface area (Å²) in [5, 5.41) is 9.46. The Balaban J connectivity index is 2.00. The number of nitrogens with zero attached hydrogens (tertiary/aromatic N) is 1. The fourth-order valence-corrected chi connectivity index (χ4v) is 3.14. The first kappa shape index (κ1) is 9.44. The number of hydrogen-bond acceptors (Lipinski definition) is 3. The minimum Gasteiger partial charge on any atom is -0.396 e. The molecule has 0 amide bonds. The molecule has 0 aromatic rings. The molecular weight excluding hydrogens is 164 g/mol. The van der Waals surface area contributed by atoms with Crippen molar-refractivity contribution in [3.8, 4) is 0 Å². The lowest BCUT2D eigenvalue weighted by Crippen LogP contribution is -2.32. The van der Waals surface area contributed by atoms with Gasteiger partial charge < -0.3 is 15.7 Å². The highest BCUT2D eigenvalue weighted by atomic mass is 16.3. The molecule has 0 aromatic heterocycles. The van der Waals surface area contributed by atoms with Gasteiger partial charge in [-0.25, -0.2) is 0 Å². The molecule has 76 valence electrons. The maximum atomic E-state index is 9.46. The molecule has 3 nitrogen and oxygen atoms in total. The van der Waals surface area contributed by atoms with Crippen molar-refractivity contribution in [3.63, 3.8) is 0 Å². The van der Waals surface area contributed by atoms with Crippen LogP contribution in [0.1, 0.15) is 19.3 Å². The van der Waals surface area contributed by atoms with Crippen LogP contribution in [0.25, 0.3) is 0 Å². The monoisotopic (exact) mass is 184 g/mol. The molecule has 1 heterocycles. The first-order chi connectivity index (χ1) is 6.30. The second-order valence-corrected chi connectivity index (χ2v) is 4.63. The molecule has 1 aliphatic heterocycles. The average molecular weight is 184 g/mol. The van der Waals surface area contributed by atoms with Crippen molar-refractivity contribution in [1.29, 1.82) is 0 Å². The van der Waals surface area contributed by atoms with E-state index in [4.69, 9.17) is 5.73 Å². The van der Waals surface area contributed by atoms with Crippen LogP contribution in [0.2, 0.25) is 0 Å². The summed E-state index contributed by atoms with van der Waals surface area (Å²) >= 11 is 0. The second-order valence-electron chi connectivity index (χ2n) is 4.63. The highest BCUT2D eigenvalue weighted by molar-refractivity contribution is 5.00. The molecule has 2 unspecified atom stereocenters. The summed E-state index contributed by atoms with van der Waals surface area (Å²) in [6.45, 7) is 4.36. The Morgan fingerprint density at radius 3 is 3.00 bits per heavy atom. The van der Waals surface area contributed by atoms with Gasteiger partial charge in [0.15, 0.2) is 0 Å². The Morgan fingerprint density at radius 1 is 1.54 bits per heavy atom. The van der Waals surface area contributed by atoms with Gasteiger partial charge >= 0.3 is 0 Å². The first-order valence-corrected chi connectivity index (χ1v) is 5.34. The molecular formula is C10H20N2O. The summed E-state index contributed by atoms with van der Waals surface area (Å²) in [6, 6.07) is 0. The maximum Gasteiger partial charge on any atom is 0.0502 e. The molecule has 2 fully saturated rings. The van der Waals surface area contributed by atoms with Gasteiger partial charge in [0.2, 0.25) is 0 Å². The van der Waals surface area contributed by atoms with E-state index in [9.17, 15) is 5.11 Å². The Kier molecular flexibility index (Phi) is 2.58. The third-order valence-corrected chi connectivity index (χ3v) is 3.87. The Hall–Kier alpha value is -0.120. The van der Waals surface area contributed by atoms with E-state index in [0.29, 0.717) is 6.61 Å². The van der Waals surface area contributed by atoms with Crippen LogP contribution in [0.4, 0.5) is 0 Å². The van der Waals surface area contributed by atoms with Gasteiger partial charge in [0.1, 0.15) is 0 Å². The molecule has 0 aromatic carbocycles. The molecule has 2 aliphatic rings. The number of hydrogen-bond donors (Lipinski definition) is 2. The molecule has 0 radical (unpaired) electrons. The largest absolute Gasteiger partial charge is 0.396 e. The number of aliphatic hydroxyl groups excluding tert-OH is 1. The van der Waals surface area contributed by atoms with E-state index in [-0.39, 0.29) is 5.41 Å². The first-order valence-electron chi connectivity index (χ1n) is 5.34. The minimum atomic E-state index is 0.245. The number of fused-ring (bicyclic) bond motifs is 1. The zero-order chi connectivity index (χ0) is 9.31. The normalized spacial score (nSPS) is 39.7.